The summed E-state index contributed by atoms with van der Waals surface area (Å²) in [6.45, 7) is 0.830. The van der Waals surface area contributed by atoms with E-state index in [4.69, 9.17) is 10.5 Å². The lowest BCUT2D eigenvalue weighted by molar-refractivity contribution is -0.145. The molecule has 0 aromatic carbocycles. The minimum Gasteiger partial charge on any atom is -0.461 e. The highest BCUT2D eigenvalue weighted by Crippen LogP contribution is 2.00. The van der Waals surface area contributed by atoms with Gasteiger partial charge in [0.15, 0.2) is 0 Å². The second kappa shape index (κ2) is 6.10. The lowest BCUT2D eigenvalue weighted by Gasteiger charge is -2.03. The number of rotatable bonds is 5. The fourth-order valence-corrected chi connectivity index (χ4v) is 0.961. The summed E-state index contributed by atoms with van der Waals surface area (Å²) in [7, 11) is 0. The number of nitrogens with two attached hydrogens (primary N) is 1. The molecule has 0 aliphatic rings. The van der Waals surface area contributed by atoms with Crippen LogP contribution in [0, 0.1) is 0 Å². The van der Waals surface area contributed by atoms with Crippen LogP contribution in [0.3, 0.4) is 0 Å². The zero-order valence-corrected chi connectivity index (χ0v) is 7.98. The Bertz CT molecular complexity index is 275. The first-order valence-corrected chi connectivity index (χ1v) is 4.57. The third kappa shape index (κ3) is 4.00. The summed E-state index contributed by atoms with van der Waals surface area (Å²) in [6, 6.07) is 3.63. The van der Waals surface area contributed by atoms with Gasteiger partial charge in [0.25, 0.3) is 0 Å². The van der Waals surface area contributed by atoms with Crippen molar-refractivity contribution in [2.45, 2.75) is 19.4 Å². The number of carbonyl (C=O) groups is 1. The second-order valence-electron chi connectivity index (χ2n) is 2.91. The Morgan fingerprint density at radius 1 is 1.43 bits per heavy atom. The van der Waals surface area contributed by atoms with Gasteiger partial charge in [-0.05, 0) is 30.7 Å². The van der Waals surface area contributed by atoms with Gasteiger partial charge in [-0.15, -0.1) is 0 Å². The highest BCUT2D eigenvalue weighted by Gasteiger charge is 2.01. The monoisotopic (exact) mass is 194 g/mol. The Hall–Kier alpha value is -1.42. The van der Waals surface area contributed by atoms with Crippen LogP contribution in [0.25, 0.3) is 0 Å². The SMILES string of the molecule is NCCCC(=O)OCc1ccncc1. The van der Waals surface area contributed by atoms with Crippen LogP contribution in [-0.2, 0) is 16.1 Å². The van der Waals surface area contributed by atoms with Gasteiger partial charge in [0.2, 0.25) is 0 Å². The Labute approximate surface area is 83.1 Å². The molecule has 2 N–H and O–H groups in total. The molecular formula is C10H14N2O2. The van der Waals surface area contributed by atoms with Crippen LogP contribution in [0.15, 0.2) is 24.5 Å². The summed E-state index contributed by atoms with van der Waals surface area (Å²) in [5.74, 6) is -0.202. The van der Waals surface area contributed by atoms with Gasteiger partial charge in [0.05, 0.1) is 0 Å². The molecule has 0 bridgehead atoms. The van der Waals surface area contributed by atoms with Crippen molar-refractivity contribution in [3.63, 3.8) is 0 Å². The molecule has 14 heavy (non-hydrogen) atoms. The standard InChI is InChI=1S/C10H14N2O2/c11-5-1-2-10(13)14-8-9-3-6-12-7-4-9/h3-4,6-7H,1-2,5,8,11H2. The number of pyridine rings is 1. The van der Waals surface area contributed by atoms with E-state index in [0.717, 1.165) is 5.56 Å². The molecule has 0 unspecified atom stereocenters. The fraction of sp³-hybridized carbons (Fsp3) is 0.400. The van der Waals surface area contributed by atoms with E-state index < -0.39 is 0 Å². The molecule has 1 heterocycles. The van der Waals surface area contributed by atoms with E-state index >= 15 is 0 Å². The fourth-order valence-electron chi connectivity index (χ4n) is 0.961. The topological polar surface area (TPSA) is 65.2 Å². The van der Waals surface area contributed by atoms with Gasteiger partial charge in [0, 0.05) is 18.8 Å². The Balaban J connectivity index is 2.24. The summed E-state index contributed by atoms with van der Waals surface area (Å²) in [4.78, 5) is 14.9. The molecule has 0 radical (unpaired) electrons. The normalized spacial score (nSPS) is 9.79. The molecule has 1 aromatic rings. The molecule has 0 fully saturated rings. The summed E-state index contributed by atoms with van der Waals surface area (Å²) in [6.07, 6.45) is 4.41. The van der Waals surface area contributed by atoms with Gasteiger partial charge in [-0.1, -0.05) is 0 Å². The van der Waals surface area contributed by atoms with Crippen LogP contribution >= 0.6 is 0 Å². The minimum atomic E-state index is -0.202. The first-order chi connectivity index (χ1) is 6.83. The zero-order valence-electron chi connectivity index (χ0n) is 7.98. The zero-order chi connectivity index (χ0) is 10.2. The van der Waals surface area contributed by atoms with Crippen LogP contribution in [0.2, 0.25) is 0 Å². The van der Waals surface area contributed by atoms with Crippen LogP contribution in [-0.4, -0.2) is 17.5 Å². The lowest BCUT2D eigenvalue weighted by atomic mass is 10.3. The van der Waals surface area contributed by atoms with Crippen molar-refractivity contribution in [1.29, 1.82) is 0 Å². The van der Waals surface area contributed by atoms with E-state index in [1.54, 1.807) is 12.4 Å². The highest BCUT2D eigenvalue weighted by molar-refractivity contribution is 5.69. The van der Waals surface area contributed by atoms with Crippen LogP contribution in [0.1, 0.15) is 18.4 Å². The molecule has 0 amide bonds. The van der Waals surface area contributed by atoms with E-state index in [0.29, 0.717) is 26.0 Å². The third-order valence-corrected chi connectivity index (χ3v) is 1.73. The summed E-state index contributed by atoms with van der Waals surface area (Å²) in [5.41, 5.74) is 6.21. The number of hydrogen-bond acceptors (Lipinski definition) is 4. The van der Waals surface area contributed by atoms with Crippen molar-refractivity contribution in [1.82, 2.24) is 4.98 Å². The lowest BCUT2D eigenvalue weighted by Crippen LogP contribution is -2.07. The average Bonchev–Trinajstić information content (AvgIpc) is 2.25. The minimum absolute atomic E-state index is 0.202. The van der Waals surface area contributed by atoms with E-state index in [1.807, 2.05) is 12.1 Å². The van der Waals surface area contributed by atoms with Crippen LogP contribution < -0.4 is 5.73 Å². The van der Waals surface area contributed by atoms with Crippen molar-refractivity contribution in [2.24, 2.45) is 5.73 Å². The molecule has 76 valence electrons. The van der Waals surface area contributed by atoms with Crippen molar-refractivity contribution in [2.75, 3.05) is 6.54 Å². The number of hydrogen-bond donors (Lipinski definition) is 1. The molecule has 0 aliphatic carbocycles. The molecule has 4 heteroatoms. The van der Waals surface area contributed by atoms with Gasteiger partial charge in [-0.3, -0.25) is 9.78 Å². The first-order valence-electron chi connectivity index (χ1n) is 4.57. The van der Waals surface area contributed by atoms with Crippen molar-refractivity contribution in [3.05, 3.63) is 30.1 Å². The third-order valence-electron chi connectivity index (χ3n) is 1.73. The van der Waals surface area contributed by atoms with Crippen LogP contribution in [0.5, 0.6) is 0 Å². The maximum Gasteiger partial charge on any atom is 0.306 e. The van der Waals surface area contributed by atoms with Gasteiger partial charge < -0.3 is 10.5 Å². The van der Waals surface area contributed by atoms with E-state index in [1.165, 1.54) is 0 Å². The quantitative estimate of drug-likeness (QED) is 0.706. The largest absolute Gasteiger partial charge is 0.461 e. The predicted molar refractivity (Wildman–Crippen MR) is 52.3 cm³/mol. The summed E-state index contributed by atoms with van der Waals surface area (Å²) >= 11 is 0. The van der Waals surface area contributed by atoms with Crippen LogP contribution in [0.4, 0.5) is 0 Å². The number of aromatic nitrogens is 1. The molecule has 4 nitrogen and oxygen atoms in total. The van der Waals surface area contributed by atoms with Crippen molar-refractivity contribution < 1.29 is 9.53 Å². The molecule has 0 spiro atoms. The van der Waals surface area contributed by atoms with Crippen molar-refractivity contribution in [3.8, 4) is 0 Å². The molecule has 0 aliphatic heterocycles. The molecule has 0 atom stereocenters. The first kappa shape index (κ1) is 10.7. The van der Waals surface area contributed by atoms with E-state index in [2.05, 4.69) is 4.98 Å². The molecule has 0 saturated heterocycles. The summed E-state index contributed by atoms with van der Waals surface area (Å²) in [5, 5.41) is 0. The van der Waals surface area contributed by atoms with Gasteiger partial charge in [-0.25, -0.2) is 0 Å². The van der Waals surface area contributed by atoms with Gasteiger partial charge >= 0.3 is 5.97 Å². The number of carbonyl (C=O) groups excluding carboxylic acids is 1. The maximum atomic E-state index is 11.1. The Morgan fingerprint density at radius 2 is 2.14 bits per heavy atom. The number of nitrogens with zero attached hydrogens (tertiary/aromatic N) is 1. The Morgan fingerprint density at radius 3 is 2.79 bits per heavy atom. The molecule has 1 aromatic heterocycles. The number of esters is 1. The second-order valence-corrected chi connectivity index (χ2v) is 2.91. The molecule has 0 saturated carbocycles. The number of ether oxygens (including phenoxy) is 1. The summed E-state index contributed by atoms with van der Waals surface area (Å²) < 4.78 is 5.01. The van der Waals surface area contributed by atoms with Crippen molar-refractivity contribution >= 4 is 5.97 Å². The Kier molecular flexibility index (Phi) is 4.64. The highest BCUT2D eigenvalue weighted by atomic mass is 16.5. The predicted octanol–water partition coefficient (Wildman–Crippen LogP) is 0.864. The maximum absolute atomic E-state index is 11.1. The average molecular weight is 194 g/mol. The molecule has 1 rings (SSSR count). The van der Waals surface area contributed by atoms with Gasteiger partial charge in [-0.2, -0.15) is 0 Å². The van der Waals surface area contributed by atoms with E-state index in [-0.39, 0.29) is 5.97 Å². The smallest absolute Gasteiger partial charge is 0.306 e. The van der Waals surface area contributed by atoms with Gasteiger partial charge in [0.1, 0.15) is 6.61 Å². The van der Waals surface area contributed by atoms with E-state index in [9.17, 15) is 4.79 Å². The molecular weight excluding hydrogens is 180 g/mol.